The first kappa shape index (κ1) is 11.4. The van der Waals surface area contributed by atoms with Gasteiger partial charge in [-0.25, -0.2) is 0 Å². The van der Waals surface area contributed by atoms with Crippen molar-refractivity contribution in [3.8, 4) is 0 Å². The van der Waals surface area contributed by atoms with Gasteiger partial charge >= 0.3 is 6.18 Å². The van der Waals surface area contributed by atoms with E-state index in [9.17, 15) is 13.2 Å². The SMILES string of the molecule is C[C@]1(C(F)(F)F)N[C@H](c2ccccc2)CO1. The Kier molecular flexibility index (Phi) is 2.67. The molecule has 0 radical (unpaired) electrons. The zero-order chi connectivity index (χ0) is 11.8. The molecule has 1 aliphatic heterocycles. The van der Waals surface area contributed by atoms with Crippen molar-refractivity contribution in [1.82, 2.24) is 5.32 Å². The molecule has 1 fully saturated rings. The zero-order valence-corrected chi connectivity index (χ0v) is 8.71. The second-order valence-electron chi connectivity index (χ2n) is 3.95. The molecular weight excluding hydrogens is 219 g/mol. The molecule has 2 rings (SSSR count). The van der Waals surface area contributed by atoms with Gasteiger partial charge in [-0.3, -0.25) is 5.32 Å². The summed E-state index contributed by atoms with van der Waals surface area (Å²) in [5.41, 5.74) is -1.44. The van der Waals surface area contributed by atoms with Crippen LogP contribution in [0.15, 0.2) is 30.3 Å². The lowest BCUT2D eigenvalue weighted by molar-refractivity contribution is -0.263. The predicted molar refractivity (Wildman–Crippen MR) is 52.7 cm³/mol. The van der Waals surface area contributed by atoms with Crippen LogP contribution in [0.3, 0.4) is 0 Å². The predicted octanol–water partition coefficient (Wildman–Crippen LogP) is 2.63. The average Bonchev–Trinajstić information content (AvgIpc) is 2.63. The third-order valence-corrected chi connectivity index (χ3v) is 2.73. The zero-order valence-electron chi connectivity index (χ0n) is 8.71. The Morgan fingerprint density at radius 2 is 1.94 bits per heavy atom. The van der Waals surface area contributed by atoms with Gasteiger partial charge in [-0.05, 0) is 12.5 Å². The minimum atomic E-state index is -4.41. The standard InChI is InChI=1S/C11H12F3NO/c1-10(11(12,13)14)15-9(7-16-10)8-5-3-2-4-6-8/h2-6,9,15H,7H2,1H3/t9-,10-/m0/s1. The number of hydrogen-bond acceptors (Lipinski definition) is 2. The van der Waals surface area contributed by atoms with Crippen molar-refractivity contribution >= 4 is 0 Å². The molecule has 0 amide bonds. The van der Waals surface area contributed by atoms with Gasteiger partial charge in [0.15, 0.2) is 0 Å². The molecule has 1 aliphatic rings. The van der Waals surface area contributed by atoms with Crippen LogP contribution in [0.25, 0.3) is 0 Å². The van der Waals surface area contributed by atoms with Crippen molar-refractivity contribution in [3.05, 3.63) is 35.9 Å². The van der Waals surface area contributed by atoms with Crippen LogP contribution < -0.4 is 5.32 Å². The van der Waals surface area contributed by atoms with Gasteiger partial charge in [-0.15, -0.1) is 0 Å². The molecule has 1 aromatic carbocycles. The summed E-state index contributed by atoms with van der Waals surface area (Å²) in [6, 6.07) is 8.56. The summed E-state index contributed by atoms with van der Waals surface area (Å²) in [5, 5.41) is 2.48. The third-order valence-electron chi connectivity index (χ3n) is 2.73. The summed E-state index contributed by atoms with van der Waals surface area (Å²) < 4.78 is 42.8. The van der Waals surface area contributed by atoms with Gasteiger partial charge in [0.2, 0.25) is 5.72 Å². The molecule has 0 aliphatic carbocycles. The van der Waals surface area contributed by atoms with Crippen molar-refractivity contribution in [1.29, 1.82) is 0 Å². The normalized spacial score (nSPS) is 30.6. The van der Waals surface area contributed by atoms with Crippen LogP contribution in [0.5, 0.6) is 0 Å². The quantitative estimate of drug-likeness (QED) is 0.802. The van der Waals surface area contributed by atoms with Crippen molar-refractivity contribution in [3.63, 3.8) is 0 Å². The maximum absolute atomic E-state index is 12.6. The molecule has 2 nitrogen and oxygen atoms in total. The van der Waals surface area contributed by atoms with E-state index < -0.39 is 17.9 Å². The molecule has 0 bridgehead atoms. The van der Waals surface area contributed by atoms with E-state index in [0.717, 1.165) is 12.5 Å². The topological polar surface area (TPSA) is 21.3 Å². The Balaban J connectivity index is 2.15. The average molecular weight is 231 g/mol. The molecule has 0 unspecified atom stereocenters. The van der Waals surface area contributed by atoms with Crippen LogP contribution in [-0.4, -0.2) is 18.5 Å². The second kappa shape index (κ2) is 3.75. The molecule has 1 N–H and O–H groups in total. The Bertz CT molecular complexity index is 365. The molecule has 1 heterocycles. The molecule has 2 atom stereocenters. The first-order valence-electron chi connectivity index (χ1n) is 4.96. The number of nitrogens with one attached hydrogen (secondary N) is 1. The highest BCUT2D eigenvalue weighted by Crippen LogP contribution is 2.38. The van der Waals surface area contributed by atoms with E-state index in [-0.39, 0.29) is 6.61 Å². The Morgan fingerprint density at radius 3 is 2.44 bits per heavy atom. The number of hydrogen-bond donors (Lipinski definition) is 1. The number of alkyl halides is 3. The van der Waals surface area contributed by atoms with E-state index >= 15 is 0 Å². The minimum Gasteiger partial charge on any atom is -0.350 e. The summed E-state index contributed by atoms with van der Waals surface area (Å²) in [4.78, 5) is 0. The molecule has 0 spiro atoms. The molecule has 0 aromatic heterocycles. The lowest BCUT2D eigenvalue weighted by Crippen LogP contribution is -2.51. The fourth-order valence-corrected chi connectivity index (χ4v) is 1.69. The first-order chi connectivity index (χ1) is 7.42. The number of ether oxygens (including phenoxy) is 1. The van der Waals surface area contributed by atoms with Gasteiger partial charge in [0.1, 0.15) is 0 Å². The fourth-order valence-electron chi connectivity index (χ4n) is 1.69. The van der Waals surface area contributed by atoms with Gasteiger partial charge in [-0.1, -0.05) is 30.3 Å². The molecular formula is C11H12F3NO. The summed E-state index contributed by atoms with van der Waals surface area (Å²) in [5.74, 6) is 0. The maximum atomic E-state index is 12.6. The van der Waals surface area contributed by atoms with Crippen LogP contribution in [0.4, 0.5) is 13.2 Å². The van der Waals surface area contributed by atoms with Crippen LogP contribution >= 0.6 is 0 Å². The van der Waals surface area contributed by atoms with E-state index in [4.69, 9.17) is 4.74 Å². The van der Waals surface area contributed by atoms with Crippen LogP contribution in [-0.2, 0) is 4.74 Å². The van der Waals surface area contributed by atoms with E-state index in [2.05, 4.69) is 5.32 Å². The number of halogens is 3. The highest BCUT2D eigenvalue weighted by molar-refractivity contribution is 5.20. The summed E-state index contributed by atoms with van der Waals surface area (Å²) in [6.45, 7) is 1.04. The van der Waals surface area contributed by atoms with Crippen LogP contribution in [0.1, 0.15) is 18.5 Å². The largest absolute Gasteiger partial charge is 0.430 e. The van der Waals surface area contributed by atoms with Crippen molar-refractivity contribution in [2.45, 2.75) is 24.9 Å². The minimum absolute atomic E-state index is 0.0278. The lowest BCUT2D eigenvalue weighted by Gasteiger charge is -2.27. The highest BCUT2D eigenvalue weighted by atomic mass is 19.4. The van der Waals surface area contributed by atoms with Gasteiger partial charge in [-0.2, -0.15) is 13.2 Å². The summed E-state index contributed by atoms with van der Waals surface area (Å²) in [6.07, 6.45) is -4.41. The second-order valence-corrected chi connectivity index (χ2v) is 3.95. The monoisotopic (exact) mass is 231 g/mol. The molecule has 16 heavy (non-hydrogen) atoms. The third kappa shape index (κ3) is 1.92. The molecule has 5 heteroatoms. The first-order valence-corrected chi connectivity index (χ1v) is 4.96. The van der Waals surface area contributed by atoms with Crippen LogP contribution in [0.2, 0.25) is 0 Å². The van der Waals surface area contributed by atoms with Crippen LogP contribution in [0, 0.1) is 0 Å². The summed E-state index contributed by atoms with van der Waals surface area (Å²) in [7, 11) is 0. The van der Waals surface area contributed by atoms with Crippen molar-refractivity contribution in [2.24, 2.45) is 0 Å². The fraction of sp³-hybridized carbons (Fsp3) is 0.455. The Morgan fingerprint density at radius 1 is 1.31 bits per heavy atom. The number of rotatable bonds is 1. The molecule has 1 saturated heterocycles. The lowest BCUT2D eigenvalue weighted by atomic mass is 10.1. The van der Waals surface area contributed by atoms with Crippen molar-refractivity contribution in [2.75, 3.05) is 6.61 Å². The van der Waals surface area contributed by atoms with E-state index in [1.165, 1.54) is 0 Å². The Labute approximate surface area is 91.4 Å². The summed E-state index contributed by atoms with van der Waals surface area (Å²) >= 11 is 0. The van der Waals surface area contributed by atoms with E-state index in [1.807, 2.05) is 6.07 Å². The van der Waals surface area contributed by atoms with Gasteiger partial charge in [0, 0.05) is 0 Å². The molecule has 1 aromatic rings. The van der Waals surface area contributed by atoms with Gasteiger partial charge in [0.25, 0.3) is 0 Å². The molecule has 0 saturated carbocycles. The number of benzene rings is 1. The molecule has 88 valence electrons. The van der Waals surface area contributed by atoms with Gasteiger partial charge in [0.05, 0.1) is 12.6 Å². The van der Waals surface area contributed by atoms with Gasteiger partial charge < -0.3 is 4.74 Å². The smallest absolute Gasteiger partial charge is 0.350 e. The van der Waals surface area contributed by atoms with Crippen molar-refractivity contribution < 1.29 is 17.9 Å². The van der Waals surface area contributed by atoms with E-state index in [1.54, 1.807) is 24.3 Å². The van der Waals surface area contributed by atoms with E-state index in [0.29, 0.717) is 0 Å². The maximum Gasteiger partial charge on any atom is 0.430 e. The highest BCUT2D eigenvalue weighted by Gasteiger charge is 2.56. The Hall–Kier alpha value is -1.07.